The van der Waals surface area contributed by atoms with E-state index in [1.54, 1.807) is 21.6 Å². The summed E-state index contributed by atoms with van der Waals surface area (Å²) in [5.41, 5.74) is 5.36. The van der Waals surface area contributed by atoms with Crippen LogP contribution >= 0.6 is 21.6 Å². The van der Waals surface area contributed by atoms with Crippen LogP contribution < -0.4 is 11.1 Å². The molecule has 0 rings (SSSR count). The van der Waals surface area contributed by atoms with E-state index in [-0.39, 0.29) is 5.91 Å². The van der Waals surface area contributed by atoms with E-state index in [1.807, 2.05) is 0 Å². The van der Waals surface area contributed by atoms with E-state index < -0.39 is 0 Å². The molecule has 0 heterocycles. The third-order valence-electron chi connectivity index (χ3n) is 1.80. The lowest BCUT2D eigenvalue weighted by atomic mass is 10.2. The normalized spacial score (nSPS) is 10.3. The standard InChI is InChI=1S/C10H22N2OS2/c1-2-3-4-5-10(13)12-7-9-15-14-8-6-11/h2-9,11H2,1H3,(H,12,13). The minimum absolute atomic E-state index is 0.188. The van der Waals surface area contributed by atoms with Gasteiger partial charge in [0.1, 0.15) is 0 Å². The first-order valence-corrected chi connectivity index (χ1v) is 8.01. The number of nitrogens with one attached hydrogen (secondary N) is 1. The van der Waals surface area contributed by atoms with Gasteiger partial charge in [-0.2, -0.15) is 0 Å². The van der Waals surface area contributed by atoms with E-state index in [0.717, 1.165) is 37.4 Å². The van der Waals surface area contributed by atoms with Gasteiger partial charge in [-0.1, -0.05) is 41.4 Å². The van der Waals surface area contributed by atoms with Gasteiger partial charge in [0.25, 0.3) is 0 Å². The lowest BCUT2D eigenvalue weighted by Gasteiger charge is -2.04. The summed E-state index contributed by atoms with van der Waals surface area (Å²) in [6.45, 7) is 3.64. The van der Waals surface area contributed by atoms with Gasteiger partial charge in [-0.05, 0) is 6.42 Å². The summed E-state index contributed by atoms with van der Waals surface area (Å²) in [4.78, 5) is 11.3. The Bertz CT molecular complexity index is 156. The quantitative estimate of drug-likeness (QED) is 0.460. The van der Waals surface area contributed by atoms with Crippen molar-refractivity contribution in [1.82, 2.24) is 5.32 Å². The molecular weight excluding hydrogens is 228 g/mol. The molecule has 0 aliphatic rings. The van der Waals surface area contributed by atoms with Gasteiger partial charge in [0, 0.05) is 31.0 Å². The Hall–Kier alpha value is 0.130. The summed E-state index contributed by atoms with van der Waals surface area (Å²) in [5, 5.41) is 2.91. The van der Waals surface area contributed by atoms with Crippen molar-refractivity contribution in [3.8, 4) is 0 Å². The second-order valence-corrected chi connectivity index (χ2v) is 5.94. The summed E-state index contributed by atoms with van der Waals surface area (Å²) >= 11 is 0. The van der Waals surface area contributed by atoms with Crippen molar-refractivity contribution in [1.29, 1.82) is 0 Å². The molecule has 0 radical (unpaired) electrons. The minimum Gasteiger partial charge on any atom is -0.355 e. The van der Waals surface area contributed by atoms with Gasteiger partial charge in [-0.15, -0.1) is 0 Å². The predicted octanol–water partition coefficient (Wildman–Crippen LogP) is 2.02. The fourth-order valence-electron chi connectivity index (χ4n) is 1.02. The molecule has 0 aliphatic heterocycles. The molecule has 0 fully saturated rings. The fourth-order valence-corrected chi connectivity index (χ4v) is 2.79. The molecule has 0 aliphatic carbocycles. The van der Waals surface area contributed by atoms with Gasteiger partial charge in [0.05, 0.1) is 0 Å². The van der Waals surface area contributed by atoms with Crippen LogP contribution in [0.3, 0.4) is 0 Å². The number of hydrogen-bond acceptors (Lipinski definition) is 4. The summed E-state index contributed by atoms with van der Waals surface area (Å²) in [7, 11) is 3.54. The van der Waals surface area contributed by atoms with Crippen LogP contribution in [-0.2, 0) is 4.79 Å². The zero-order valence-electron chi connectivity index (χ0n) is 9.46. The number of rotatable bonds is 10. The van der Waals surface area contributed by atoms with Gasteiger partial charge in [-0.25, -0.2) is 0 Å². The molecule has 0 spiro atoms. The van der Waals surface area contributed by atoms with Crippen molar-refractivity contribution in [3.63, 3.8) is 0 Å². The first-order chi connectivity index (χ1) is 7.31. The molecule has 0 atom stereocenters. The van der Waals surface area contributed by atoms with E-state index in [0.29, 0.717) is 6.42 Å². The van der Waals surface area contributed by atoms with Gasteiger partial charge in [0.2, 0.25) is 5.91 Å². The highest BCUT2D eigenvalue weighted by atomic mass is 33.1. The average Bonchev–Trinajstić information content (AvgIpc) is 2.23. The maximum atomic E-state index is 11.3. The van der Waals surface area contributed by atoms with Crippen molar-refractivity contribution in [2.75, 3.05) is 24.6 Å². The Labute approximate surface area is 101 Å². The molecule has 3 nitrogen and oxygen atoms in total. The van der Waals surface area contributed by atoms with Crippen molar-refractivity contribution in [2.45, 2.75) is 32.6 Å². The summed E-state index contributed by atoms with van der Waals surface area (Å²) in [5.74, 6) is 2.13. The van der Waals surface area contributed by atoms with Gasteiger partial charge in [0.15, 0.2) is 0 Å². The zero-order valence-corrected chi connectivity index (χ0v) is 11.1. The van der Waals surface area contributed by atoms with E-state index >= 15 is 0 Å². The molecule has 0 bridgehead atoms. The number of carbonyl (C=O) groups is 1. The number of nitrogens with two attached hydrogens (primary N) is 1. The topological polar surface area (TPSA) is 55.1 Å². The van der Waals surface area contributed by atoms with Gasteiger partial charge >= 0.3 is 0 Å². The fraction of sp³-hybridized carbons (Fsp3) is 0.900. The second kappa shape index (κ2) is 12.2. The van der Waals surface area contributed by atoms with Crippen LogP contribution in [0.1, 0.15) is 32.6 Å². The van der Waals surface area contributed by atoms with E-state index in [9.17, 15) is 4.79 Å². The van der Waals surface area contributed by atoms with Crippen molar-refractivity contribution in [3.05, 3.63) is 0 Å². The molecule has 0 unspecified atom stereocenters. The monoisotopic (exact) mass is 250 g/mol. The first kappa shape index (κ1) is 15.1. The zero-order chi connectivity index (χ0) is 11.4. The highest BCUT2D eigenvalue weighted by Crippen LogP contribution is 2.18. The van der Waals surface area contributed by atoms with Crippen molar-refractivity contribution < 1.29 is 4.79 Å². The van der Waals surface area contributed by atoms with Crippen LogP contribution in [-0.4, -0.2) is 30.5 Å². The molecule has 0 aromatic heterocycles. The van der Waals surface area contributed by atoms with Crippen LogP contribution in [0.2, 0.25) is 0 Å². The summed E-state index contributed by atoms with van der Waals surface area (Å²) in [6, 6.07) is 0. The molecule has 5 heteroatoms. The second-order valence-electron chi connectivity index (χ2n) is 3.24. The summed E-state index contributed by atoms with van der Waals surface area (Å²) in [6.07, 6.45) is 4.00. The molecule has 1 amide bonds. The Balaban J connectivity index is 3.10. The molecule has 0 aromatic carbocycles. The van der Waals surface area contributed by atoms with Crippen molar-refractivity contribution >= 4 is 27.5 Å². The third-order valence-corrected chi connectivity index (χ3v) is 4.24. The van der Waals surface area contributed by atoms with E-state index in [1.165, 1.54) is 6.42 Å². The third kappa shape index (κ3) is 12.1. The van der Waals surface area contributed by atoms with Gasteiger partial charge in [-0.3, -0.25) is 4.79 Å². The molecule has 0 saturated carbocycles. The number of amides is 1. The van der Waals surface area contributed by atoms with E-state index in [4.69, 9.17) is 5.73 Å². The maximum Gasteiger partial charge on any atom is 0.220 e. The average molecular weight is 250 g/mol. The SMILES string of the molecule is CCCCCC(=O)NCCSSCCN. The van der Waals surface area contributed by atoms with Crippen LogP contribution in [0.4, 0.5) is 0 Å². The number of hydrogen-bond donors (Lipinski definition) is 2. The van der Waals surface area contributed by atoms with Crippen LogP contribution in [0, 0.1) is 0 Å². The number of carbonyl (C=O) groups excluding carboxylic acids is 1. The maximum absolute atomic E-state index is 11.3. The van der Waals surface area contributed by atoms with Crippen LogP contribution in [0.25, 0.3) is 0 Å². The Kier molecular flexibility index (Phi) is 12.3. The highest BCUT2D eigenvalue weighted by molar-refractivity contribution is 8.76. The van der Waals surface area contributed by atoms with Crippen LogP contribution in [0.5, 0.6) is 0 Å². The molecule has 3 N–H and O–H groups in total. The molecule has 90 valence electrons. The highest BCUT2D eigenvalue weighted by Gasteiger charge is 1.99. The number of unbranched alkanes of at least 4 members (excludes halogenated alkanes) is 2. The minimum atomic E-state index is 0.188. The Morgan fingerprint density at radius 1 is 1.27 bits per heavy atom. The van der Waals surface area contributed by atoms with Crippen LogP contribution in [0.15, 0.2) is 0 Å². The lowest BCUT2D eigenvalue weighted by molar-refractivity contribution is -0.121. The molecule has 0 aromatic rings. The lowest BCUT2D eigenvalue weighted by Crippen LogP contribution is -2.25. The predicted molar refractivity (Wildman–Crippen MR) is 71.1 cm³/mol. The molecular formula is C10H22N2OS2. The Morgan fingerprint density at radius 3 is 2.67 bits per heavy atom. The smallest absolute Gasteiger partial charge is 0.220 e. The molecule has 15 heavy (non-hydrogen) atoms. The first-order valence-electron chi connectivity index (χ1n) is 5.52. The largest absolute Gasteiger partial charge is 0.355 e. The molecule has 0 saturated heterocycles. The Morgan fingerprint density at radius 2 is 2.00 bits per heavy atom. The summed E-state index contributed by atoms with van der Waals surface area (Å²) < 4.78 is 0. The van der Waals surface area contributed by atoms with Gasteiger partial charge < -0.3 is 11.1 Å². The van der Waals surface area contributed by atoms with Crippen molar-refractivity contribution in [2.24, 2.45) is 5.73 Å². The van der Waals surface area contributed by atoms with E-state index in [2.05, 4.69) is 12.2 Å².